The van der Waals surface area contributed by atoms with Gasteiger partial charge < -0.3 is 4.90 Å². The molecule has 0 atom stereocenters. The topological polar surface area (TPSA) is 92.6 Å². The monoisotopic (exact) mass is 439 g/mol. The second-order valence-corrected chi connectivity index (χ2v) is 8.33. The number of rotatable bonds is 5. The zero-order valence-corrected chi connectivity index (χ0v) is 19.1. The van der Waals surface area contributed by atoms with Crippen molar-refractivity contribution < 1.29 is 4.79 Å². The van der Waals surface area contributed by atoms with Gasteiger partial charge in [0.25, 0.3) is 5.91 Å². The number of aromatic amines is 1. The highest BCUT2D eigenvalue weighted by molar-refractivity contribution is 6.07. The minimum atomic E-state index is -0.0690. The van der Waals surface area contributed by atoms with E-state index in [0.717, 1.165) is 45.2 Å². The summed E-state index contributed by atoms with van der Waals surface area (Å²) >= 11 is 0. The Hall–Kier alpha value is -4.07. The lowest BCUT2D eigenvalue weighted by atomic mass is 10.0. The van der Waals surface area contributed by atoms with E-state index in [2.05, 4.69) is 27.2 Å². The molecule has 0 bridgehead atoms. The van der Waals surface area contributed by atoms with Crippen LogP contribution in [0.3, 0.4) is 0 Å². The number of aromatic nitrogens is 6. The Balaban J connectivity index is 1.58. The van der Waals surface area contributed by atoms with Gasteiger partial charge in [-0.15, -0.1) is 0 Å². The fourth-order valence-corrected chi connectivity index (χ4v) is 4.12. The largest absolute Gasteiger partial charge is 0.337 e. The first-order valence-corrected chi connectivity index (χ1v) is 10.9. The molecule has 0 aliphatic carbocycles. The molecule has 4 aromatic heterocycles. The fourth-order valence-electron chi connectivity index (χ4n) is 4.12. The summed E-state index contributed by atoms with van der Waals surface area (Å²) in [6.07, 6.45) is 5.33. The van der Waals surface area contributed by atoms with Gasteiger partial charge in [0.2, 0.25) is 0 Å². The van der Waals surface area contributed by atoms with E-state index in [0.29, 0.717) is 23.5 Å². The Morgan fingerprint density at radius 2 is 1.94 bits per heavy atom. The Morgan fingerprint density at radius 3 is 2.73 bits per heavy atom. The van der Waals surface area contributed by atoms with Crippen LogP contribution in [-0.2, 0) is 13.1 Å². The second-order valence-electron chi connectivity index (χ2n) is 8.33. The molecule has 166 valence electrons. The lowest BCUT2D eigenvalue weighted by molar-refractivity contribution is 0.0787. The lowest BCUT2D eigenvalue weighted by Crippen LogP contribution is -2.27. The Bertz CT molecular complexity index is 1500. The molecule has 1 N–H and O–H groups in total. The molecule has 0 radical (unpaired) electrons. The highest BCUT2D eigenvalue weighted by Crippen LogP contribution is 2.27. The van der Waals surface area contributed by atoms with Crippen molar-refractivity contribution in [2.45, 2.75) is 33.9 Å². The summed E-state index contributed by atoms with van der Waals surface area (Å²) in [5, 5.41) is 13.2. The average Bonchev–Trinajstić information content (AvgIpc) is 3.43. The highest BCUT2D eigenvalue weighted by Gasteiger charge is 2.20. The van der Waals surface area contributed by atoms with Crippen molar-refractivity contribution in [1.29, 1.82) is 0 Å². The summed E-state index contributed by atoms with van der Waals surface area (Å²) in [5.41, 5.74) is 6.76. The number of carbonyl (C=O) groups excluding carboxylic acids is 1. The molecular formula is C25H25N7O. The van der Waals surface area contributed by atoms with Crippen molar-refractivity contribution in [1.82, 2.24) is 34.8 Å². The van der Waals surface area contributed by atoms with Crippen molar-refractivity contribution in [3.63, 3.8) is 0 Å². The first kappa shape index (κ1) is 20.8. The van der Waals surface area contributed by atoms with Crippen LogP contribution in [-0.4, -0.2) is 47.8 Å². The van der Waals surface area contributed by atoms with Gasteiger partial charge in [0.05, 0.1) is 40.4 Å². The summed E-state index contributed by atoms with van der Waals surface area (Å²) in [6.45, 7) is 7.38. The van der Waals surface area contributed by atoms with E-state index in [-0.39, 0.29) is 5.91 Å². The third kappa shape index (κ3) is 3.73. The molecule has 4 heterocycles. The molecule has 1 aromatic carbocycles. The Kier molecular flexibility index (Phi) is 5.12. The van der Waals surface area contributed by atoms with Crippen molar-refractivity contribution in [3.8, 4) is 11.4 Å². The van der Waals surface area contributed by atoms with Gasteiger partial charge in [0.15, 0.2) is 0 Å². The number of hydrogen-bond donors (Lipinski definition) is 1. The molecular weight excluding hydrogens is 414 g/mol. The normalized spacial score (nSPS) is 11.4. The predicted molar refractivity (Wildman–Crippen MR) is 128 cm³/mol. The van der Waals surface area contributed by atoms with E-state index in [9.17, 15) is 4.79 Å². The number of benzene rings is 1. The number of hydrogen-bond acceptors (Lipinski definition) is 5. The Morgan fingerprint density at radius 1 is 1.09 bits per heavy atom. The summed E-state index contributed by atoms with van der Waals surface area (Å²) in [4.78, 5) is 24.7. The molecule has 8 nitrogen and oxygen atoms in total. The summed E-state index contributed by atoms with van der Waals surface area (Å²) < 4.78 is 1.94. The maximum atomic E-state index is 13.7. The number of H-pyrrole nitrogens is 1. The molecule has 0 saturated heterocycles. The lowest BCUT2D eigenvalue weighted by Gasteiger charge is -2.19. The van der Waals surface area contributed by atoms with E-state index in [4.69, 9.17) is 4.98 Å². The van der Waals surface area contributed by atoms with Gasteiger partial charge in [-0.05, 0) is 45.0 Å². The van der Waals surface area contributed by atoms with Gasteiger partial charge in [0.1, 0.15) is 0 Å². The van der Waals surface area contributed by atoms with Gasteiger partial charge in [-0.3, -0.25) is 19.6 Å². The number of fused-ring (bicyclic) bond motifs is 2. The standard InChI is InChI=1S/C25H25N7O/c1-5-32-16(3)18(13-28-32)14-31(4)25(33)20-9-24(29-21-7-6-15(2)8-19(20)21)23-10-22-17(11-26-23)12-27-30-22/h6-13H,5,14H2,1-4H3,(H,27,30). The SMILES string of the molecule is CCn1ncc(CN(C)C(=O)c2cc(-c3cc4[nH]ncc4cn3)nc3ccc(C)cc23)c1C. The number of amides is 1. The van der Waals surface area contributed by atoms with Crippen LogP contribution < -0.4 is 0 Å². The van der Waals surface area contributed by atoms with Gasteiger partial charge in [-0.25, -0.2) is 4.98 Å². The summed E-state index contributed by atoms with van der Waals surface area (Å²) in [5.74, 6) is -0.0690. The van der Waals surface area contributed by atoms with Crippen LogP contribution in [0.25, 0.3) is 33.2 Å². The first-order valence-electron chi connectivity index (χ1n) is 10.9. The van der Waals surface area contributed by atoms with Crippen LogP contribution in [0.5, 0.6) is 0 Å². The minimum Gasteiger partial charge on any atom is -0.337 e. The van der Waals surface area contributed by atoms with Gasteiger partial charge in [0, 0.05) is 48.4 Å². The van der Waals surface area contributed by atoms with E-state index < -0.39 is 0 Å². The zero-order valence-electron chi connectivity index (χ0n) is 19.1. The van der Waals surface area contributed by atoms with Gasteiger partial charge in [-0.1, -0.05) is 11.6 Å². The number of pyridine rings is 2. The molecule has 0 saturated carbocycles. The summed E-state index contributed by atoms with van der Waals surface area (Å²) in [6, 6.07) is 9.72. The van der Waals surface area contributed by atoms with E-state index in [1.807, 2.05) is 62.1 Å². The fraction of sp³-hybridized carbons (Fsp3) is 0.240. The number of nitrogens with zero attached hydrogens (tertiary/aromatic N) is 6. The maximum Gasteiger partial charge on any atom is 0.254 e. The molecule has 0 unspecified atom stereocenters. The third-order valence-corrected chi connectivity index (χ3v) is 6.04. The van der Waals surface area contributed by atoms with E-state index in [1.54, 1.807) is 17.3 Å². The van der Waals surface area contributed by atoms with Crippen LogP contribution in [0.2, 0.25) is 0 Å². The quantitative estimate of drug-likeness (QED) is 0.441. The van der Waals surface area contributed by atoms with E-state index in [1.165, 1.54) is 0 Å². The number of nitrogens with one attached hydrogen (secondary N) is 1. The Labute approximate surface area is 191 Å². The van der Waals surface area contributed by atoms with Crippen LogP contribution in [0.4, 0.5) is 0 Å². The second kappa shape index (κ2) is 8.12. The molecule has 0 aliphatic rings. The molecule has 8 heteroatoms. The van der Waals surface area contributed by atoms with Crippen LogP contribution in [0.15, 0.2) is 48.9 Å². The summed E-state index contributed by atoms with van der Waals surface area (Å²) in [7, 11) is 1.82. The smallest absolute Gasteiger partial charge is 0.254 e. The number of aryl methyl sites for hydroxylation is 2. The molecule has 1 amide bonds. The van der Waals surface area contributed by atoms with Gasteiger partial charge in [-0.2, -0.15) is 10.2 Å². The zero-order chi connectivity index (χ0) is 23.1. The number of carbonyl (C=O) groups is 1. The van der Waals surface area contributed by atoms with Crippen molar-refractivity contribution in [2.75, 3.05) is 7.05 Å². The molecule has 0 fully saturated rings. The highest BCUT2D eigenvalue weighted by atomic mass is 16.2. The van der Waals surface area contributed by atoms with Crippen molar-refractivity contribution in [2.24, 2.45) is 0 Å². The molecule has 5 aromatic rings. The van der Waals surface area contributed by atoms with Crippen LogP contribution in [0, 0.1) is 13.8 Å². The molecule has 5 rings (SSSR count). The van der Waals surface area contributed by atoms with Crippen LogP contribution >= 0.6 is 0 Å². The third-order valence-electron chi connectivity index (χ3n) is 6.04. The van der Waals surface area contributed by atoms with Gasteiger partial charge >= 0.3 is 0 Å². The first-order chi connectivity index (χ1) is 15.9. The molecule has 0 aliphatic heterocycles. The predicted octanol–water partition coefficient (Wildman–Crippen LogP) is 4.28. The molecule has 0 spiro atoms. The molecule has 33 heavy (non-hydrogen) atoms. The van der Waals surface area contributed by atoms with E-state index >= 15 is 0 Å². The van der Waals surface area contributed by atoms with Crippen molar-refractivity contribution >= 4 is 27.7 Å². The minimum absolute atomic E-state index is 0.0690. The average molecular weight is 440 g/mol. The van der Waals surface area contributed by atoms with Crippen molar-refractivity contribution in [3.05, 3.63) is 71.3 Å². The van der Waals surface area contributed by atoms with Crippen LogP contribution in [0.1, 0.15) is 34.1 Å². The maximum absolute atomic E-state index is 13.7.